The van der Waals surface area contributed by atoms with Crippen molar-refractivity contribution in [2.45, 2.75) is 0 Å². The molecule has 0 unspecified atom stereocenters. The topological polar surface area (TPSA) is 93.8 Å². The van der Waals surface area contributed by atoms with E-state index in [9.17, 15) is 9.59 Å². The lowest BCUT2D eigenvalue weighted by molar-refractivity contribution is -0.119. The van der Waals surface area contributed by atoms with Crippen molar-refractivity contribution in [3.05, 3.63) is 76.8 Å². The smallest absolute Gasteiger partial charge is 0.271 e. The Morgan fingerprint density at radius 3 is 2.59 bits per heavy atom. The fraction of sp³-hybridized carbons (Fsp3) is 0.0500. The predicted molar refractivity (Wildman–Crippen MR) is 105 cm³/mol. The number of nitrogens with one attached hydrogen (secondary N) is 1. The van der Waals surface area contributed by atoms with Crippen LogP contribution < -0.4 is 15.9 Å². The molecule has 0 aliphatic heterocycles. The molecule has 0 aromatic heterocycles. The summed E-state index contributed by atoms with van der Waals surface area (Å²) in [6, 6.07) is 18.1. The lowest BCUT2D eigenvalue weighted by Crippen LogP contribution is -2.20. The summed E-state index contributed by atoms with van der Waals surface area (Å²) >= 11 is 6.08. The van der Waals surface area contributed by atoms with E-state index in [1.165, 1.54) is 6.21 Å². The molecule has 27 heavy (non-hydrogen) atoms. The first kappa shape index (κ1) is 18.4. The second-order valence-corrected chi connectivity index (χ2v) is 6.11. The van der Waals surface area contributed by atoms with Crippen molar-refractivity contribution < 1.29 is 14.3 Å². The number of carbonyl (C=O) groups excluding carboxylic acids is 2. The Balaban J connectivity index is 1.64. The number of hydrogen-bond donors (Lipinski definition) is 2. The zero-order valence-corrected chi connectivity index (χ0v) is 14.9. The van der Waals surface area contributed by atoms with Gasteiger partial charge in [0.25, 0.3) is 11.8 Å². The molecule has 3 aromatic rings. The summed E-state index contributed by atoms with van der Waals surface area (Å²) < 4.78 is 5.17. The van der Waals surface area contributed by atoms with E-state index >= 15 is 0 Å². The molecule has 0 fully saturated rings. The number of halogens is 1. The van der Waals surface area contributed by atoms with Crippen LogP contribution in [-0.2, 0) is 4.79 Å². The summed E-state index contributed by atoms with van der Waals surface area (Å²) in [5.74, 6) is -0.564. The number of nitrogens with zero attached hydrogens (tertiary/aromatic N) is 1. The van der Waals surface area contributed by atoms with Crippen LogP contribution in [0.2, 0.25) is 5.02 Å². The van der Waals surface area contributed by atoms with E-state index < -0.39 is 5.91 Å². The van der Waals surface area contributed by atoms with Crippen LogP contribution in [0.4, 0.5) is 0 Å². The number of hydrazone groups is 1. The van der Waals surface area contributed by atoms with Crippen molar-refractivity contribution in [3.63, 3.8) is 0 Å². The average Bonchev–Trinajstić information content (AvgIpc) is 2.66. The van der Waals surface area contributed by atoms with E-state index in [0.29, 0.717) is 21.9 Å². The molecule has 3 N–H and O–H groups in total. The number of amides is 2. The molecular weight excluding hydrogens is 366 g/mol. The normalized spacial score (nSPS) is 10.9. The van der Waals surface area contributed by atoms with Crippen molar-refractivity contribution in [1.29, 1.82) is 0 Å². The maximum Gasteiger partial charge on any atom is 0.271 e. The van der Waals surface area contributed by atoms with Crippen molar-refractivity contribution in [3.8, 4) is 5.75 Å². The molecule has 0 saturated carbocycles. The molecule has 0 radical (unpaired) electrons. The van der Waals surface area contributed by atoms with Gasteiger partial charge in [-0.2, -0.15) is 5.10 Å². The highest BCUT2D eigenvalue weighted by molar-refractivity contribution is 6.32. The van der Waals surface area contributed by atoms with Gasteiger partial charge in [-0.1, -0.05) is 41.9 Å². The quantitative estimate of drug-likeness (QED) is 0.507. The molecule has 0 spiro atoms. The Labute approximate surface area is 160 Å². The fourth-order valence-electron chi connectivity index (χ4n) is 2.42. The van der Waals surface area contributed by atoms with Crippen LogP contribution in [0.1, 0.15) is 15.9 Å². The third kappa shape index (κ3) is 4.83. The van der Waals surface area contributed by atoms with Gasteiger partial charge in [0.05, 0.1) is 11.2 Å². The zero-order valence-electron chi connectivity index (χ0n) is 14.2. The van der Waals surface area contributed by atoms with E-state index in [2.05, 4.69) is 10.5 Å². The first-order valence-electron chi connectivity index (χ1n) is 8.06. The van der Waals surface area contributed by atoms with Crippen molar-refractivity contribution in [2.24, 2.45) is 10.8 Å². The zero-order chi connectivity index (χ0) is 19.2. The molecule has 136 valence electrons. The van der Waals surface area contributed by atoms with Gasteiger partial charge in [-0.15, -0.1) is 0 Å². The molecule has 0 saturated heterocycles. The molecule has 6 nitrogen and oxygen atoms in total. The van der Waals surface area contributed by atoms with Gasteiger partial charge in [-0.25, -0.2) is 5.43 Å². The molecule has 0 aliphatic rings. The van der Waals surface area contributed by atoms with E-state index in [1.807, 2.05) is 36.4 Å². The highest BCUT2D eigenvalue weighted by Crippen LogP contribution is 2.24. The largest absolute Gasteiger partial charge is 0.482 e. The highest BCUT2D eigenvalue weighted by Gasteiger charge is 2.06. The predicted octanol–water partition coefficient (Wildman–Crippen LogP) is 3.12. The second-order valence-electron chi connectivity index (χ2n) is 5.71. The minimum atomic E-state index is -0.590. The lowest BCUT2D eigenvalue weighted by Gasteiger charge is -2.06. The Kier molecular flexibility index (Phi) is 5.68. The van der Waals surface area contributed by atoms with Crippen LogP contribution in [0.15, 0.2) is 65.8 Å². The fourth-order valence-corrected chi connectivity index (χ4v) is 2.67. The van der Waals surface area contributed by atoms with Gasteiger partial charge in [0.1, 0.15) is 5.75 Å². The summed E-state index contributed by atoms with van der Waals surface area (Å²) in [5.41, 5.74) is 8.68. The van der Waals surface area contributed by atoms with Crippen molar-refractivity contribution >= 4 is 40.4 Å². The van der Waals surface area contributed by atoms with Gasteiger partial charge < -0.3 is 10.5 Å². The van der Waals surface area contributed by atoms with Crippen molar-refractivity contribution in [1.82, 2.24) is 5.43 Å². The van der Waals surface area contributed by atoms with E-state index in [0.717, 1.165) is 10.8 Å². The number of fused-ring (bicyclic) bond motifs is 1. The lowest BCUT2D eigenvalue weighted by atomic mass is 10.1. The monoisotopic (exact) mass is 381 g/mol. The molecule has 0 aliphatic carbocycles. The Morgan fingerprint density at radius 1 is 1.07 bits per heavy atom. The van der Waals surface area contributed by atoms with Gasteiger partial charge in [0.15, 0.2) is 6.61 Å². The number of nitrogens with two attached hydrogens (primary N) is 1. The minimum absolute atomic E-state index is 0.255. The van der Waals surface area contributed by atoms with E-state index in [-0.39, 0.29) is 12.5 Å². The maximum atomic E-state index is 12.2. The number of ether oxygens (including phenoxy) is 1. The number of rotatable bonds is 6. The van der Waals surface area contributed by atoms with Crippen LogP contribution >= 0.6 is 11.6 Å². The van der Waals surface area contributed by atoms with Crippen molar-refractivity contribution in [2.75, 3.05) is 6.61 Å². The molecule has 3 rings (SSSR count). The van der Waals surface area contributed by atoms with Crippen LogP contribution in [0.3, 0.4) is 0 Å². The van der Waals surface area contributed by atoms with Gasteiger partial charge >= 0.3 is 0 Å². The Hall–Kier alpha value is -3.38. The maximum absolute atomic E-state index is 12.2. The van der Waals surface area contributed by atoms with Crippen LogP contribution in [0.25, 0.3) is 10.8 Å². The average molecular weight is 382 g/mol. The number of carbonyl (C=O) groups is 2. The summed E-state index contributed by atoms with van der Waals surface area (Å²) in [6.07, 6.45) is 1.46. The number of benzene rings is 3. The van der Waals surface area contributed by atoms with Crippen LogP contribution in [-0.4, -0.2) is 24.6 Å². The summed E-state index contributed by atoms with van der Waals surface area (Å²) in [6.45, 7) is -0.255. The van der Waals surface area contributed by atoms with Gasteiger partial charge in [-0.3, -0.25) is 9.59 Å². The standard InChI is InChI=1S/C20H16ClN3O3/c21-17-9-13(5-8-18(17)27-12-19(22)25)11-23-24-20(26)16-7-6-14-3-1-2-4-15(14)10-16/h1-11H,12H2,(H2,22,25)(H,24,26). The summed E-state index contributed by atoms with van der Waals surface area (Å²) in [4.78, 5) is 23.0. The molecule has 0 heterocycles. The molecule has 3 aromatic carbocycles. The van der Waals surface area contributed by atoms with E-state index in [4.69, 9.17) is 22.1 Å². The second kappa shape index (κ2) is 8.33. The Bertz CT molecular complexity index is 1030. The Morgan fingerprint density at radius 2 is 1.85 bits per heavy atom. The first-order valence-corrected chi connectivity index (χ1v) is 8.43. The molecule has 7 heteroatoms. The molecule has 2 amide bonds. The van der Waals surface area contributed by atoms with Gasteiger partial charge in [0, 0.05) is 5.56 Å². The SMILES string of the molecule is NC(=O)COc1ccc(C=NNC(=O)c2ccc3ccccc3c2)cc1Cl. The molecule has 0 bridgehead atoms. The van der Waals surface area contributed by atoms with E-state index in [1.54, 1.807) is 24.3 Å². The third-order valence-corrected chi connectivity index (χ3v) is 4.01. The van der Waals surface area contributed by atoms with Gasteiger partial charge in [0.2, 0.25) is 0 Å². The number of primary amides is 1. The summed E-state index contributed by atoms with van der Waals surface area (Å²) in [7, 11) is 0. The van der Waals surface area contributed by atoms with Crippen LogP contribution in [0, 0.1) is 0 Å². The summed E-state index contributed by atoms with van der Waals surface area (Å²) in [5, 5.41) is 6.29. The third-order valence-electron chi connectivity index (χ3n) is 3.72. The first-order chi connectivity index (χ1) is 13.0. The van der Waals surface area contributed by atoms with Crippen LogP contribution in [0.5, 0.6) is 5.75 Å². The minimum Gasteiger partial charge on any atom is -0.482 e. The molecule has 0 atom stereocenters. The highest BCUT2D eigenvalue weighted by atomic mass is 35.5. The number of hydrogen-bond acceptors (Lipinski definition) is 4. The van der Waals surface area contributed by atoms with Gasteiger partial charge in [-0.05, 0) is 46.7 Å². The molecular formula is C20H16ClN3O3.